The van der Waals surface area contributed by atoms with E-state index >= 15 is 0 Å². The summed E-state index contributed by atoms with van der Waals surface area (Å²) in [6.45, 7) is 1.68. The number of carbonyl (C=O) groups excluding carboxylic acids is 2. The Bertz CT molecular complexity index is 818. The van der Waals surface area contributed by atoms with Gasteiger partial charge in [-0.05, 0) is 44.0 Å². The van der Waals surface area contributed by atoms with Gasteiger partial charge in [0.2, 0.25) is 0 Å². The van der Waals surface area contributed by atoms with Gasteiger partial charge in [-0.25, -0.2) is 0 Å². The number of carboxylic acids is 1. The van der Waals surface area contributed by atoms with E-state index < -0.39 is 11.9 Å². The van der Waals surface area contributed by atoms with E-state index in [-0.39, 0.29) is 29.7 Å². The Labute approximate surface area is 144 Å². The molecule has 3 rings (SSSR count). The van der Waals surface area contributed by atoms with Crippen LogP contribution in [0.25, 0.3) is 0 Å². The molecule has 2 aromatic rings. The first-order valence-electron chi connectivity index (χ1n) is 7.95. The standard InChI is InChI=1S/C18H18N2O5/c1-10-9-25-14(8-15(21)22)16(10)18(24)20-12-4-2-11(3-5-12)17(23)19-13-6-7-13/h2-5,9,13H,6-8H2,1H3,(H,19,23)(H,20,24)(H,21,22). The molecule has 0 atom stereocenters. The van der Waals surface area contributed by atoms with E-state index in [1.54, 1.807) is 31.2 Å². The number of carbonyl (C=O) groups is 3. The number of amides is 2. The van der Waals surface area contributed by atoms with Crippen molar-refractivity contribution in [3.8, 4) is 0 Å². The van der Waals surface area contributed by atoms with E-state index in [1.165, 1.54) is 6.26 Å². The predicted octanol–water partition coefficient (Wildman–Crippen LogP) is 2.36. The number of aliphatic carboxylic acids is 1. The molecule has 0 spiro atoms. The van der Waals surface area contributed by atoms with Crippen LogP contribution in [0.5, 0.6) is 0 Å². The summed E-state index contributed by atoms with van der Waals surface area (Å²) >= 11 is 0. The van der Waals surface area contributed by atoms with Crippen LogP contribution in [-0.2, 0) is 11.2 Å². The Balaban J connectivity index is 1.69. The summed E-state index contributed by atoms with van der Waals surface area (Å²) in [5, 5.41) is 14.5. The zero-order chi connectivity index (χ0) is 18.0. The Morgan fingerprint density at radius 2 is 1.84 bits per heavy atom. The van der Waals surface area contributed by atoms with Crippen LogP contribution in [0, 0.1) is 6.92 Å². The molecule has 1 saturated carbocycles. The van der Waals surface area contributed by atoms with Gasteiger partial charge >= 0.3 is 5.97 Å². The lowest BCUT2D eigenvalue weighted by atomic mass is 10.1. The third kappa shape index (κ3) is 4.06. The number of hydrogen-bond acceptors (Lipinski definition) is 4. The molecule has 0 saturated heterocycles. The second-order valence-corrected chi connectivity index (χ2v) is 6.07. The van der Waals surface area contributed by atoms with Crippen molar-refractivity contribution in [3.05, 3.63) is 53.0 Å². The Hall–Kier alpha value is -3.09. The van der Waals surface area contributed by atoms with Crippen molar-refractivity contribution < 1.29 is 23.9 Å². The summed E-state index contributed by atoms with van der Waals surface area (Å²) in [5.74, 6) is -1.54. The van der Waals surface area contributed by atoms with E-state index in [4.69, 9.17) is 9.52 Å². The first kappa shape index (κ1) is 16.8. The number of rotatable bonds is 6. The SMILES string of the molecule is Cc1coc(CC(=O)O)c1C(=O)Nc1ccc(C(=O)NC2CC2)cc1. The normalized spacial score (nSPS) is 13.3. The third-order valence-electron chi connectivity index (χ3n) is 3.91. The highest BCUT2D eigenvalue weighted by atomic mass is 16.4. The van der Waals surface area contributed by atoms with Crippen molar-refractivity contribution in [2.24, 2.45) is 0 Å². The van der Waals surface area contributed by atoms with Crippen molar-refractivity contribution >= 4 is 23.5 Å². The maximum absolute atomic E-state index is 12.4. The molecule has 0 unspecified atom stereocenters. The van der Waals surface area contributed by atoms with E-state index in [0.29, 0.717) is 16.8 Å². The largest absolute Gasteiger partial charge is 0.481 e. The van der Waals surface area contributed by atoms with Crippen LogP contribution in [0.15, 0.2) is 34.9 Å². The van der Waals surface area contributed by atoms with Crippen LogP contribution in [-0.4, -0.2) is 28.9 Å². The zero-order valence-corrected chi connectivity index (χ0v) is 13.7. The van der Waals surface area contributed by atoms with Crippen LogP contribution in [0.4, 0.5) is 5.69 Å². The molecule has 1 aromatic heterocycles. The Morgan fingerprint density at radius 1 is 1.16 bits per heavy atom. The first-order chi connectivity index (χ1) is 11.9. The number of nitrogens with one attached hydrogen (secondary N) is 2. The lowest BCUT2D eigenvalue weighted by Crippen LogP contribution is -2.25. The minimum atomic E-state index is -1.07. The molecule has 2 amide bonds. The number of furan rings is 1. The zero-order valence-electron chi connectivity index (χ0n) is 13.7. The van der Waals surface area contributed by atoms with Gasteiger partial charge in [0, 0.05) is 22.9 Å². The van der Waals surface area contributed by atoms with Gasteiger partial charge in [-0.1, -0.05) is 0 Å². The van der Waals surface area contributed by atoms with Gasteiger partial charge in [0.15, 0.2) is 0 Å². The highest BCUT2D eigenvalue weighted by Gasteiger charge is 2.24. The minimum absolute atomic E-state index is 0.114. The predicted molar refractivity (Wildman–Crippen MR) is 89.7 cm³/mol. The number of carboxylic acid groups (broad SMARTS) is 1. The van der Waals surface area contributed by atoms with Crippen LogP contribution < -0.4 is 10.6 Å². The maximum Gasteiger partial charge on any atom is 0.311 e. The van der Waals surface area contributed by atoms with Crippen LogP contribution in [0.2, 0.25) is 0 Å². The van der Waals surface area contributed by atoms with Crippen LogP contribution in [0.3, 0.4) is 0 Å². The molecule has 0 radical (unpaired) electrons. The second kappa shape index (κ2) is 6.80. The fourth-order valence-corrected chi connectivity index (χ4v) is 2.47. The summed E-state index contributed by atoms with van der Waals surface area (Å²) in [6.07, 6.45) is 3.03. The Kier molecular flexibility index (Phi) is 4.56. The fourth-order valence-electron chi connectivity index (χ4n) is 2.47. The molecule has 1 heterocycles. The Morgan fingerprint density at radius 3 is 2.44 bits per heavy atom. The van der Waals surface area contributed by atoms with Crippen LogP contribution in [0.1, 0.15) is 44.9 Å². The van der Waals surface area contributed by atoms with Crippen molar-refractivity contribution in [3.63, 3.8) is 0 Å². The first-order valence-corrected chi connectivity index (χ1v) is 7.95. The topological polar surface area (TPSA) is 109 Å². The van der Waals surface area contributed by atoms with Gasteiger partial charge in [-0.2, -0.15) is 0 Å². The average molecular weight is 342 g/mol. The summed E-state index contributed by atoms with van der Waals surface area (Å²) in [5.41, 5.74) is 1.82. The second-order valence-electron chi connectivity index (χ2n) is 6.07. The van der Waals surface area contributed by atoms with Crippen molar-refractivity contribution in [2.45, 2.75) is 32.2 Å². The third-order valence-corrected chi connectivity index (χ3v) is 3.91. The molecular weight excluding hydrogens is 324 g/mol. The van der Waals surface area contributed by atoms with E-state index in [1.807, 2.05) is 0 Å². The lowest BCUT2D eigenvalue weighted by molar-refractivity contribution is -0.136. The highest BCUT2D eigenvalue weighted by Crippen LogP contribution is 2.21. The van der Waals surface area contributed by atoms with E-state index in [0.717, 1.165) is 12.8 Å². The molecule has 7 nitrogen and oxygen atoms in total. The van der Waals surface area contributed by atoms with Gasteiger partial charge in [-0.3, -0.25) is 14.4 Å². The van der Waals surface area contributed by atoms with E-state index in [9.17, 15) is 14.4 Å². The summed E-state index contributed by atoms with van der Waals surface area (Å²) in [7, 11) is 0. The van der Waals surface area contributed by atoms with Crippen molar-refractivity contribution in [2.75, 3.05) is 5.32 Å². The average Bonchev–Trinajstić information content (AvgIpc) is 3.29. The maximum atomic E-state index is 12.4. The molecule has 1 aliphatic rings. The van der Waals surface area contributed by atoms with Crippen LogP contribution >= 0.6 is 0 Å². The molecule has 3 N–H and O–H groups in total. The molecule has 130 valence electrons. The number of hydrogen-bond donors (Lipinski definition) is 3. The van der Waals surface area contributed by atoms with Gasteiger partial charge in [0.25, 0.3) is 11.8 Å². The molecule has 0 bridgehead atoms. The lowest BCUT2D eigenvalue weighted by Gasteiger charge is -2.08. The summed E-state index contributed by atoms with van der Waals surface area (Å²) < 4.78 is 5.16. The molecule has 7 heteroatoms. The highest BCUT2D eigenvalue weighted by molar-refractivity contribution is 6.06. The smallest absolute Gasteiger partial charge is 0.311 e. The van der Waals surface area contributed by atoms with Crippen molar-refractivity contribution in [1.82, 2.24) is 5.32 Å². The number of aryl methyl sites for hydroxylation is 1. The minimum Gasteiger partial charge on any atom is -0.481 e. The quantitative estimate of drug-likeness (QED) is 0.747. The van der Waals surface area contributed by atoms with Gasteiger partial charge in [0.05, 0.1) is 11.8 Å². The fraction of sp³-hybridized carbons (Fsp3) is 0.278. The molecule has 1 aromatic carbocycles. The van der Waals surface area contributed by atoms with Crippen molar-refractivity contribution in [1.29, 1.82) is 0 Å². The monoisotopic (exact) mass is 342 g/mol. The number of benzene rings is 1. The summed E-state index contributed by atoms with van der Waals surface area (Å²) in [6, 6.07) is 6.81. The molecular formula is C18H18N2O5. The molecule has 1 aliphatic carbocycles. The van der Waals surface area contributed by atoms with Gasteiger partial charge in [-0.15, -0.1) is 0 Å². The van der Waals surface area contributed by atoms with Gasteiger partial charge in [0.1, 0.15) is 12.2 Å². The molecule has 1 fully saturated rings. The molecule has 25 heavy (non-hydrogen) atoms. The van der Waals surface area contributed by atoms with Gasteiger partial charge < -0.3 is 20.2 Å². The summed E-state index contributed by atoms with van der Waals surface area (Å²) in [4.78, 5) is 35.2. The molecule has 0 aliphatic heterocycles. The van der Waals surface area contributed by atoms with E-state index in [2.05, 4.69) is 10.6 Å². The number of anilines is 1.